The molecule has 0 saturated heterocycles. The van der Waals surface area contributed by atoms with Crippen molar-refractivity contribution in [2.75, 3.05) is 14.2 Å². The summed E-state index contributed by atoms with van der Waals surface area (Å²) < 4.78 is 10.5. The van der Waals surface area contributed by atoms with Gasteiger partial charge < -0.3 is 9.47 Å². The van der Waals surface area contributed by atoms with Gasteiger partial charge in [-0.15, -0.1) is 0 Å². The highest BCUT2D eigenvalue weighted by atomic mass is 16.5. The van der Waals surface area contributed by atoms with Crippen LogP contribution in [0.25, 0.3) is 0 Å². The van der Waals surface area contributed by atoms with Gasteiger partial charge in [0, 0.05) is 24.0 Å². The molecular weight excluding hydrogens is 244 g/mol. The smallest absolute Gasteiger partial charge is 0.122 e. The third-order valence-corrected chi connectivity index (χ3v) is 2.79. The molecule has 0 saturated carbocycles. The van der Waals surface area contributed by atoms with Gasteiger partial charge in [0.25, 0.3) is 0 Å². The molecule has 3 N–H and O–H groups in total. The minimum Gasteiger partial charge on any atom is -0.497 e. The normalized spacial score (nSPS) is 11.9. The molecular formula is C13H16N4O2. The molecule has 1 aromatic carbocycles. The van der Waals surface area contributed by atoms with E-state index in [4.69, 9.17) is 15.3 Å². The monoisotopic (exact) mass is 260 g/mol. The Morgan fingerprint density at radius 2 is 1.58 bits per heavy atom. The molecule has 1 atom stereocenters. The number of nitrogens with zero attached hydrogens (tertiary/aromatic N) is 2. The maximum Gasteiger partial charge on any atom is 0.122 e. The van der Waals surface area contributed by atoms with Crippen molar-refractivity contribution in [2.45, 2.75) is 6.04 Å². The van der Waals surface area contributed by atoms with Gasteiger partial charge in [0.2, 0.25) is 0 Å². The highest BCUT2D eigenvalue weighted by Crippen LogP contribution is 2.28. The fourth-order valence-corrected chi connectivity index (χ4v) is 1.84. The summed E-state index contributed by atoms with van der Waals surface area (Å²) in [6.45, 7) is 0. The Labute approximate surface area is 111 Å². The Kier molecular flexibility index (Phi) is 4.27. The minimum atomic E-state index is -0.231. The molecule has 2 aromatic rings. The number of aromatic nitrogens is 2. The molecule has 6 heteroatoms. The summed E-state index contributed by atoms with van der Waals surface area (Å²) in [5.41, 5.74) is 4.52. The van der Waals surface area contributed by atoms with Gasteiger partial charge in [0.05, 0.1) is 20.3 Å². The van der Waals surface area contributed by atoms with Crippen molar-refractivity contribution in [3.63, 3.8) is 0 Å². The van der Waals surface area contributed by atoms with Crippen molar-refractivity contribution in [1.29, 1.82) is 0 Å². The van der Waals surface area contributed by atoms with Crippen LogP contribution in [0.3, 0.4) is 0 Å². The lowest BCUT2D eigenvalue weighted by atomic mass is 10.0. The third kappa shape index (κ3) is 2.98. The molecule has 0 spiro atoms. The molecule has 0 amide bonds. The number of rotatable bonds is 5. The predicted molar refractivity (Wildman–Crippen MR) is 70.7 cm³/mol. The maximum absolute atomic E-state index is 5.63. The summed E-state index contributed by atoms with van der Waals surface area (Å²) in [5, 5.41) is 0. The summed E-state index contributed by atoms with van der Waals surface area (Å²) in [6.07, 6.45) is 4.90. The maximum atomic E-state index is 5.63. The van der Waals surface area contributed by atoms with Crippen LogP contribution in [-0.2, 0) is 0 Å². The van der Waals surface area contributed by atoms with Crippen LogP contribution in [0.15, 0.2) is 36.9 Å². The van der Waals surface area contributed by atoms with Crippen molar-refractivity contribution in [2.24, 2.45) is 5.84 Å². The fourth-order valence-electron chi connectivity index (χ4n) is 1.84. The van der Waals surface area contributed by atoms with Crippen LogP contribution < -0.4 is 20.7 Å². The summed E-state index contributed by atoms with van der Waals surface area (Å²) in [5.74, 6) is 7.03. The first-order chi connectivity index (χ1) is 9.28. The first kappa shape index (κ1) is 13.3. The van der Waals surface area contributed by atoms with Gasteiger partial charge >= 0.3 is 0 Å². The summed E-state index contributed by atoms with van der Waals surface area (Å²) >= 11 is 0. The average molecular weight is 260 g/mol. The molecule has 2 rings (SSSR count). The number of hydrazine groups is 1. The summed E-state index contributed by atoms with van der Waals surface area (Å²) in [4.78, 5) is 7.99. The number of methoxy groups -OCH3 is 2. The van der Waals surface area contributed by atoms with E-state index in [1.54, 1.807) is 32.7 Å². The lowest BCUT2D eigenvalue weighted by Crippen LogP contribution is -2.29. The van der Waals surface area contributed by atoms with Crippen LogP contribution in [0.5, 0.6) is 11.5 Å². The minimum absolute atomic E-state index is 0.231. The second kappa shape index (κ2) is 6.12. The number of hydrogen-bond acceptors (Lipinski definition) is 6. The first-order valence-corrected chi connectivity index (χ1v) is 5.72. The van der Waals surface area contributed by atoms with E-state index in [0.717, 1.165) is 11.1 Å². The van der Waals surface area contributed by atoms with Crippen LogP contribution in [-0.4, -0.2) is 24.2 Å². The van der Waals surface area contributed by atoms with Gasteiger partial charge in [0.15, 0.2) is 0 Å². The fraction of sp³-hybridized carbons (Fsp3) is 0.231. The van der Waals surface area contributed by atoms with Gasteiger partial charge in [-0.2, -0.15) is 0 Å². The molecule has 1 heterocycles. The SMILES string of the molecule is COc1cc(OC)cc(C(NN)c2cncnc2)c1. The first-order valence-electron chi connectivity index (χ1n) is 5.72. The Hall–Kier alpha value is -2.18. The van der Waals surface area contributed by atoms with E-state index in [2.05, 4.69) is 15.4 Å². The van der Waals surface area contributed by atoms with Crippen molar-refractivity contribution >= 4 is 0 Å². The molecule has 1 aromatic heterocycles. The Balaban J connectivity index is 2.43. The second-order valence-electron chi connectivity index (χ2n) is 3.92. The van der Waals surface area contributed by atoms with E-state index in [0.29, 0.717) is 11.5 Å². The van der Waals surface area contributed by atoms with E-state index >= 15 is 0 Å². The molecule has 1 unspecified atom stereocenters. The molecule has 0 aliphatic rings. The van der Waals surface area contributed by atoms with Crippen LogP contribution in [0, 0.1) is 0 Å². The Morgan fingerprint density at radius 1 is 1.00 bits per heavy atom. The van der Waals surface area contributed by atoms with Crippen LogP contribution in [0.1, 0.15) is 17.2 Å². The molecule has 0 aliphatic carbocycles. The van der Waals surface area contributed by atoms with Crippen molar-refractivity contribution in [3.05, 3.63) is 48.0 Å². The number of hydrogen-bond donors (Lipinski definition) is 2. The molecule has 0 bridgehead atoms. The Bertz CT molecular complexity index is 511. The summed E-state index contributed by atoms with van der Waals surface area (Å²) in [6, 6.07) is 5.35. The average Bonchev–Trinajstić information content (AvgIpc) is 2.48. The second-order valence-corrected chi connectivity index (χ2v) is 3.92. The topological polar surface area (TPSA) is 82.3 Å². The molecule has 6 nitrogen and oxygen atoms in total. The zero-order valence-corrected chi connectivity index (χ0v) is 10.8. The van der Waals surface area contributed by atoms with Gasteiger partial charge in [0.1, 0.15) is 17.8 Å². The lowest BCUT2D eigenvalue weighted by Gasteiger charge is -2.17. The zero-order valence-electron chi connectivity index (χ0n) is 10.8. The standard InChI is InChI=1S/C13H16N4O2/c1-18-11-3-9(4-12(5-11)19-2)13(17-14)10-6-15-8-16-7-10/h3-8,13,17H,14H2,1-2H3. The number of nitrogens with one attached hydrogen (secondary N) is 1. The van der Waals surface area contributed by atoms with Gasteiger partial charge in [-0.1, -0.05) is 0 Å². The zero-order chi connectivity index (χ0) is 13.7. The molecule has 0 aliphatic heterocycles. The van der Waals surface area contributed by atoms with Gasteiger partial charge in [-0.3, -0.25) is 5.84 Å². The third-order valence-electron chi connectivity index (χ3n) is 2.79. The highest BCUT2D eigenvalue weighted by molar-refractivity contribution is 5.42. The van der Waals surface area contributed by atoms with Gasteiger partial charge in [-0.05, 0) is 17.7 Å². The molecule has 100 valence electrons. The van der Waals surface area contributed by atoms with E-state index < -0.39 is 0 Å². The van der Waals surface area contributed by atoms with Crippen molar-refractivity contribution in [3.8, 4) is 11.5 Å². The van der Waals surface area contributed by atoms with Crippen molar-refractivity contribution in [1.82, 2.24) is 15.4 Å². The summed E-state index contributed by atoms with van der Waals surface area (Å²) in [7, 11) is 3.21. The number of nitrogens with two attached hydrogens (primary N) is 1. The van der Waals surface area contributed by atoms with E-state index in [9.17, 15) is 0 Å². The van der Waals surface area contributed by atoms with Crippen LogP contribution in [0.2, 0.25) is 0 Å². The van der Waals surface area contributed by atoms with E-state index in [1.807, 2.05) is 12.1 Å². The van der Waals surface area contributed by atoms with Crippen LogP contribution in [0.4, 0.5) is 0 Å². The van der Waals surface area contributed by atoms with E-state index in [1.165, 1.54) is 6.33 Å². The van der Waals surface area contributed by atoms with Crippen LogP contribution >= 0.6 is 0 Å². The quantitative estimate of drug-likeness (QED) is 0.617. The predicted octanol–water partition coefficient (Wildman–Crippen LogP) is 1.05. The Morgan fingerprint density at radius 3 is 2.05 bits per heavy atom. The largest absolute Gasteiger partial charge is 0.497 e. The van der Waals surface area contributed by atoms with E-state index in [-0.39, 0.29) is 6.04 Å². The van der Waals surface area contributed by atoms with Gasteiger partial charge in [-0.25, -0.2) is 15.4 Å². The number of ether oxygens (including phenoxy) is 2. The lowest BCUT2D eigenvalue weighted by molar-refractivity contribution is 0.392. The number of benzene rings is 1. The molecule has 19 heavy (non-hydrogen) atoms. The highest BCUT2D eigenvalue weighted by Gasteiger charge is 2.15. The molecule has 0 radical (unpaired) electrons. The van der Waals surface area contributed by atoms with Crippen molar-refractivity contribution < 1.29 is 9.47 Å². The molecule has 0 fully saturated rings.